The average Bonchev–Trinajstić information content (AvgIpc) is 2.41. The van der Waals surface area contributed by atoms with E-state index in [1.165, 1.54) is 0 Å². The Morgan fingerprint density at radius 3 is 2.57 bits per heavy atom. The van der Waals surface area contributed by atoms with Gasteiger partial charge >= 0.3 is 6.09 Å². The van der Waals surface area contributed by atoms with E-state index in [9.17, 15) is 9.90 Å². The van der Waals surface area contributed by atoms with Crippen LogP contribution in [0.2, 0.25) is 0 Å². The van der Waals surface area contributed by atoms with Gasteiger partial charge in [-0.1, -0.05) is 24.3 Å². The van der Waals surface area contributed by atoms with Crippen LogP contribution in [-0.2, 0) is 15.9 Å². The van der Waals surface area contributed by atoms with Crippen molar-refractivity contribution in [3.8, 4) is 0 Å². The normalized spacial score (nSPS) is 24.2. The van der Waals surface area contributed by atoms with Crippen LogP contribution >= 0.6 is 0 Å². The van der Waals surface area contributed by atoms with E-state index in [4.69, 9.17) is 9.47 Å². The van der Waals surface area contributed by atoms with Gasteiger partial charge in [-0.2, -0.15) is 0 Å². The SMILES string of the molecule is CC(C)OC1c2ccccc2CC(NC(=O)OC(C)(C)C)C1O. The monoisotopic (exact) mass is 321 g/mol. The number of amides is 1. The van der Waals surface area contributed by atoms with Crippen LogP contribution in [0.25, 0.3) is 0 Å². The van der Waals surface area contributed by atoms with Crippen molar-refractivity contribution in [2.75, 3.05) is 0 Å². The van der Waals surface area contributed by atoms with E-state index in [0.717, 1.165) is 11.1 Å². The maximum atomic E-state index is 12.0. The highest BCUT2D eigenvalue weighted by Crippen LogP contribution is 2.34. The van der Waals surface area contributed by atoms with Crippen molar-refractivity contribution >= 4 is 6.09 Å². The predicted octanol–water partition coefficient (Wildman–Crippen LogP) is 2.96. The molecule has 128 valence electrons. The van der Waals surface area contributed by atoms with E-state index in [1.807, 2.05) is 58.9 Å². The van der Waals surface area contributed by atoms with Gasteiger partial charge < -0.3 is 19.9 Å². The Hall–Kier alpha value is -1.59. The van der Waals surface area contributed by atoms with Crippen molar-refractivity contribution < 1.29 is 19.4 Å². The molecule has 0 saturated carbocycles. The molecule has 5 heteroatoms. The highest BCUT2D eigenvalue weighted by molar-refractivity contribution is 5.68. The fraction of sp³-hybridized carbons (Fsp3) is 0.611. The van der Waals surface area contributed by atoms with Crippen LogP contribution in [0.1, 0.15) is 51.8 Å². The maximum Gasteiger partial charge on any atom is 0.407 e. The highest BCUT2D eigenvalue weighted by Gasteiger charge is 2.38. The molecule has 0 fully saturated rings. The summed E-state index contributed by atoms with van der Waals surface area (Å²) in [6.45, 7) is 9.29. The fourth-order valence-electron chi connectivity index (χ4n) is 2.79. The Morgan fingerprint density at radius 2 is 1.96 bits per heavy atom. The smallest absolute Gasteiger partial charge is 0.407 e. The van der Waals surface area contributed by atoms with Crippen LogP contribution in [0.5, 0.6) is 0 Å². The molecule has 0 radical (unpaired) electrons. The zero-order valence-corrected chi connectivity index (χ0v) is 14.5. The lowest BCUT2D eigenvalue weighted by atomic mass is 9.84. The molecule has 3 unspecified atom stereocenters. The van der Waals surface area contributed by atoms with E-state index in [-0.39, 0.29) is 6.10 Å². The van der Waals surface area contributed by atoms with Crippen molar-refractivity contribution in [3.05, 3.63) is 35.4 Å². The lowest BCUT2D eigenvalue weighted by Gasteiger charge is -2.37. The molecule has 0 aromatic heterocycles. The maximum absolute atomic E-state index is 12.0. The fourth-order valence-corrected chi connectivity index (χ4v) is 2.79. The van der Waals surface area contributed by atoms with Crippen LogP contribution in [0.15, 0.2) is 24.3 Å². The molecule has 23 heavy (non-hydrogen) atoms. The summed E-state index contributed by atoms with van der Waals surface area (Å²) in [5.41, 5.74) is 1.48. The molecule has 1 aliphatic carbocycles. The average molecular weight is 321 g/mol. The third kappa shape index (κ3) is 4.69. The van der Waals surface area contributed by atoms with Crippen molar-refractivity contribution in [1.29, 1.82) is 0 Å². The lowest BCUT2D eigenvalue weighted by molar-refractivity contribution is -0.0853. The second kappa shape index (κ2) is 6.89. The van der Waals surface area contributed by atoms with Crippen molar-refractivity contribution in [2.24, 2.45) is 0 Å². The third-order valence-corrected chi connectivity index (χ3v) is 3.64. The summed E-state index contributed by atoms with van der Waals surface area (Å²) in [4.78, 5) is 12.0. The Morgan fingerprint density at radius 1 is 1.30 bits per heavy atom. The first kappa shape index (κ1) is 17.8. The van der Waals surface area contributed by atoms with E-state index < -0.39 is 29.9 Å². The summed E-state index contributed by atoms with van der Waals surface area (Å²) in [6, 6.07) is 7.41. The number of hydrogen-bond donors (Lipinski definition) is 2. The van der Waals surface area contributed by atoms with E-state index in [0.29, 0.717) is 6.42 Å². The Bertz CT molecular complexity index is 550. The number of ether oxygens (including phenoxy) is 2. The minimum atomic E-state index is -0.820. The topological polar surface area (TPSA) is 67.8 Å². The quantitative estimate of drug-likeness (QED) is 0.898. The molecule has 0 aliphatic heterocycles. The van der Waals surface area contributed by atoms with Crippen molar-refractivity contribution in [2.45, 2.75) is 71.0 Å². The summed E-state index contributed by atoms with van der Waals surface area (Å²) < 4.78 is 11.2. The molecule has 3 atom stereocenters. The van der Waals surface area contributed by atoms with Crippen molar-refractivity contribution in [1.82, 2.24) is 5.32 Å². The van der Waals surface area contributed by atoms with Gasteiger partial charge in [0.25, 0.3) is 0 Å². The number of aliphatic hydroxyl groups excluding tert-OH is 1. The summed E-state index contributed by atoms with van der Waals surface area (Å²) >= 11 is 0. The molecule has 0 saturated heterocycles. The number of hydrogen-bond acceptors (Lipinski definition) is 4. The number of nitrogens with one attached hydrogen (secondary N) is 1. The molecule has 1 aromatic carbocycles. The molecule has 1 aromatic rings. The minimum absolute atomic E-state index is 0.0250. The van der Waals surface area contributed by atoms with Crippen LogP contribution in [-0.4, -0.2) is 35.1 Å². The minimum Gasteiger partial charge on any atom is -0.444 e. The Balaban J connectivity index is 2.18. The largest absolute Gasteiger partial charge is 0.444 e. The van der Waals surface area contributed by atoms with E-state index in [1.54, 1.807) is 0 Å². The van der Waals surface area contributed by atoms with Gasteiger partial charge in [0.05, 0.1) is 12.1 Å². The molecule has 0 heterocycles. The third-order valence-electron chi connectivity index (χ3n) is 3.64. The van der Waals surface area contributed by atoms with Gasteiger partial charge in [-0.3, -0.25) is 0 Å². The van der Waals surface area contributed by atoms with Crippen molar-refractivity contribution in [3.63, 3.8) is 0 Å². The lowest BCUT2D eigenvalue weighted by Crippen LogP contribution is -2.51. The van der Waals surface area contributed by atoms with Gasteiger partial charge in [-0.05, 0) is 52.2 Å². The molecule has 2 rings (SSSR count). The Kier molecular flexibility index (Phi) is 5.32. The van der Waals surface area contributed by atoms with Crippen LogP contribution < -0.4 is 5.32 Å². The first-order valence-electron chi connectivity index (χ1n) is 8.08. The van der Waals surface area contributed by atoms with Crippen LogP contribution in [0.3, 0.4) is 0 Å². The summed E-state index contributed by atoms with van der Waals surface area (Å²) in [5.74, 6) is 0. The molecular weight excluding hydrogens is 294 g/mol. The molecular formula is C18H27NO4. The van der Waals surface area contributed by atoms with Gasteiger partial charge in [0.2, 0.25) is 0 Å². The van der Waals surface area contributed by atoms with Gasteiger partial charge in [0.15, 0.2) is 0 Å². The van der Waals surface area contributed by atoms with Gasteiger partial charge in [-0.25, -0.2) is 4.79 Å². The first-order chi connectivity index (χ1) is 10.7. The molecule has 0 bridgehead atoms. The standard InChI is InChI=1S/C18H27NO4/c1-11(2)22-16-13-9-7-6-8-12(13)10-14(15(16)20)19-17(21)23-18(3,4)5/h6-9,11,14-16,20H,10H2,1-5H3,(H,19,21). The number of alkyl carbamates (subject to hydrolysis) is 1. The van der Waals surface area contributed by atoms with E-state index in [2.05, 4.69) is 5.32 Å². The number of fused-ring (bicyclic) bond motifs is 1. The second-order valence-corrected chi connectivity index (χ2v) is 7.25. The molecule has 1 amide bonds. The van der Waals surface area contributed by atoms with Crippen LogP contribution in [0.4, 0.5) is 4.79 Å². The van der Waals surface area contributed by atoms with Crippen LogP contribution in [0, 0.1) is 0 Å². The first-order valence-corrected chi connectivity index (χ1v) is 8.08. The number of benzene rings is 1. The van der Waals surface area contributed by atoms with Gasteiger partial charge in [0, 0.05) is 0 Å². The Labute approximate surface area is 138 Å². The highest BCUT2D eigenvalue weighted by atomic mass is 16.6. The number of carbonyl (C=O) groups excluding carboxylic acids is 1. The number of carbonyl (C=O) groups is 1. The summed E-state index contributed by atoms with van der Waals surface area (Å²) in [7, 11) is 0. The zero-order chi connectivity index (χ0) is 17.2. The molecule has 2 N–H and O–H groups in total. The molecule has 1 aliphatic rings. The number of aliphatic hydroxyl groups is 1. The van der Waals surface area contributed by atoms with E-state index >= 15 is 0 Å². The van der Waals surface area contributed by atoms with Gasteiger partial charge in [-0.15, -0.1) is 0 Å². The zero-order valence-electron chi connectivity index (χ0n) is 14.5. The summed E-state index contributed by atoms with van der Waals surface area (Å²) in [6.07, 6.45) is -1.28. The molecule has 5 nitrogen and oxygen atoms in total. The number of rotatable bonds is 3. The molecule has 0 spiro atoms. The second-order valence-electron chi connectivity index (χ2n) is 7.25. The predicted molar refractivity (Wildman–Crippen MR) is 88.3 cm³/mol. The van der Waals surface area contributed by atoms with Gasteiger partial charge in [0.1, 0.15) is 17.8 Å². The summed E-state index contributed by atoms with van der Waals surface area (Å²) in [5, 5.41) is 13.5.